The summed E-state index contributed by atoms with van der Waals surface area (Å²) in [6.45, 7) is 6.30. The molecule has 1 aliphatic carbocycles. The molecule has 3 rings (SSSR count). The average Bonchev–Trinajstić information content (AvgIpc) is 2.46. The summed E-state index contributed by atoms with van der Waals surface area (Å²) in [5.41, 5.74) is 2.43. The van der Waals surface area contributed by atoms with Crippen molar-refractivity contribution in [2.75, 3.05) is 25.0 Å². The zero-order valence-electron chi connectivity index (χ0n) is 12.3. The molecule has 1 saturated heterocycles. The second-order valence-corrected chi connectivity index (χ2v) is 7.43. The minimum atomic E-state index is 0.216. The van der Waals surface area contributed by atoms with Crippen LogP contribution in [0.3, 0.4) is 0 Å². The lowest BCUT2D eigenvalue weighted by Crippen LogP contribution is -2.60. The molecule has 2 N–H and O–H groups in total. The third-order valence-electron chi connectivity index (χ3n) is 4.62. The zero-order chi connectivity index (χ0) is 15.7. The van der Waals surface area contributed by atoms with E-state index in [1.807, 2.05) is 16.4 Å². The normalized spacial score (nSPS) is 20.3. The SMILES string of the molecule is C=CCNc1cccc(SF)c1C(=N)C1CC2(C1)CN(S)C2. The Morgan fingerprint density at radius 3 is 2.86 bits per heavy atom. The van der Waals surface area contributed by atoms with Gasteiger partial charge in [0, 0.05) is 42.5 Å². The maximum absolute atomic E-state index is 13.3. The summed E-state index contributed by atoms with van der Waals surface area (Å²) >= 11 is 4.55. The highest BCUT2D eigenvalue weighted by Gasteiger charge is 2.53. The smallest absolute Gasteiger partial charge is 0.0819 e. The van der Waals surface area contributed by atoms with Crippen molar-refractivity contribution in [2.24, 2.45) is 11.3 Å². The lowest BCUT2D eigenvalue weighted by atomic mass is 9.56. The maximum atomic E-state index is 13.3. The number of nitrogens with one attached hydrogen (secondary N) is 2. The van der Waals surface area contributed by atoms with Gasteiger partial charge in [0.2, 0.25) is 0 Å². The molecule has 2 aliphatic rings. The summed E-state index contributed by atoms with van der Waals surface area (Å²) in [5.74, 6) is 0.222. The van der Waals surface area contributed by atoms with Crippen LogP contribution in [0.15, 0.2) is 35.7 Å². The number of hydrogen-bond donors (Lipinski definition) is 3. The molecule has 2 fully saturated rings. The molecule has 3 nitrogen and oxygen atoms in total. The van der Waals surface area contributed by atoms with Gasteiger partial charge in [0.25, 0.3) is 0 Å². The molecule has 0 atom stereocenters. The summed E-state index contributed by atoms with van der Waals surface area (Å²) in [5, 5.41) is 11.8. The number of anilines is 1. The first-order chi connectivity index (χ1) is 10.6. The van der Waals surface area contributed by atoms with Gasteiger partial charge in [0.1, 0.15) is 0 Å². The van der Waals surface area contributed by atoms with Crippen LogP contribution in [0, 0.1) is 16.7 Å². The largest absolute Gasteiger partial charge is 0.381 e. The van der Waals surface area contributed by atoms with E-state index in [2.05, 4.69) is 24.7 Å². The second kappa shape index (κ2) is 6.26. The van der Waals surface area contributed by atoms with Crippen LogP contribution in [0.1, 0.15) is 18.4 Å². The van der Waals surface area contributed by atoms with Crippen molar-refractivity contribution in [2.45, 2.75) is 17.7 Å². The Kier molecular flexibility index (Phi) is 4.52. The molecule has 0 radical (unpaired) electrons. The zero-order valence-corrected chi connectivity index (χ0v) is 14.0. The summed E-state index contributed by atoms with van der Waals surface area (Å²) < 4.78 is 15.3. The van der Waals surface area contributed by atoms with Crippen molar-refractivity contribution in [1.29, 1.82) is 5.41 Å². The van der Waals surface area contributed by atoms with Gasteiger partial charge in [-0.2, -0.15) is 3.89 Å². The molecule has 1 saturated carbocycles. The van der Waals surface area contributed by atoms with E-state index in [0.717, 1.165) is 31.6 Å². The topological polar surface area (TPSA) is 39.1 Å². The molecule has 1 spiro atoms. The van der Waals surface area contributed by atoms with E-state index in [9.17, 15) is 3.89 Å². The highest BCUT2D eigenvalue weighted by molar-refractivity contribution is 7.94. The highest BCUT2D eigenvalue weighted by Crippen LogP contribution is 2.53. The maximum Gasteiger partial charge on any atom is 0.0819 e. The van der Waals surface area contributed by atoms with Crippen molar-refractivity contribution in [3.8, 4) is 0 Å². The molecule has 0 bridgehead atoms. The first kappa shape index (κ1) is 15.9. The van der Waals surface area contributed by atoms with Gasteiger partial charge in [-0.05, 0) is 30.4 Å². The number of rotatable bonds is 6. The van der Waals surface area contributed by atoms with Crippen LogP contribution in [0.5, 0.6) is 0 Å². The summed E-state index contributed by atoms with van der Waals surface area (Å²) in [6, 6.07) is 5.46. The van der Waals surface area contributed by atoms with Gasteiger partial charge in [-0.15, -0.1) is 6.58 Å². The Bertz CT molecular complexity index is 591. The monoisotopic (exact) mass is 337 g/mol. The Morgan fingerprint density at radius 2 is 2.27 bits per heavy atom. The molecule has 0 aromatic heterocycles. The van der Waals surface area contributed by atoms with Crippen LogP contribution in [0.25, 0.3) is 0 Å². The van der Waals surface area contributed by atoms with Crippen molar-refractivity contribution in [3.05, 3.63) is 36.4 Å². The summed E-state index contributed by atoms with van der Waals surface area (Å²) in [6.07, 6.45) is 3.78. The van der Waals surface area contributed by atoms with Crippen molar-refractivity contribution < 1.29 is 3.89 Å². The first-order valence-corrected chi connectivity index (χ1v) is 8.49. The van der Waals surface area contributed by atoms with Crippen LogP contribution >= 0.6 is 25.0 Å². The van der Waals surface area contributed by atoms with E-state index < -0.39 is 0 Å². The van der Waals surface area contributed by atoms with Crippen LogP contribution in [-0.2, 0) is 0 Å². The Morgan fingerprint density at radius 1 is 1.55 bits per heavy atom. The standard InChI is InChI=1S/C16H20FN3S2/c1-2-6-19-12-4-3-5-13(22-17)14(12)15(18)11-7-16(8-11)9-20(21)10-16/h2-5,11,18-19,21H,1,6-10H2. The third-order valence-corrected chi connectivity index (χ3v) is 5.41. The minimum Gasteiger partial charge on any atom is -0.381 e. The molecular weight excluding hydrogens is 317 g/mol. The van der Waals surface area contributed by atoms with Gasteiger partial charge >= 0.3 is 0 Å². The van der Waals surface area contributed by atoms with Crippen LogP contribution in [0.4, 0.5) is 9.57 Å². The number of hydrogen-bond acceptors (Lipinski definition) is 5. The van der Waals surface area contributed by atoms with Crippen LogP contribution < -0.4 is 5.32 Å². The lowest BCUT2D eigenvalue weighted by molar-refractivity contribution is -0.0233. The van der Waals surface area contributed by atoms with Gasteiger partial charge in [-0.1, -0.05) is 25.0 Å². The lowest BCUT2D eigenvalue weighted by Gasteiger charge is -2.57. The summed E-state index contributed by atoms with van der Waals surface area (Å²) in [7, 11) is 0. The predicted molar refractivity (Wildman–Crippen MR) is 94.6 cm³/mol. The van der Waals surface area contributed by atoms with Gasteiger partial charge in [-0.25, -0.2) is 0 Å². The van der Waals surface area contributed by atoms with E-state index in [-0.39, 0.29) is 18.1 Å². The van der Waals surface area contributed by atoms with Crippen molar-refractivity contribution in [1.82, 2.24) is 4.31 Å². The van der Waals surface area contributed by atoms with E-state index in [1.165, 1.54) is 0 Å². The first-order valence-electron chi connectivity index (χ1n) is 7.37. The highest BCUT2D eigenvalue weighted by atomic mass is 32.2. The molecule has 1 heterocycles. The van der Waals surface area contributed by atoms with Crippen LogP contribution in [-0.4, -0.2) is 29.7 Å². The fourth-order valence-electron chi connectivity index (χ4n) is 3.58. The Hall–Kier alpha value is -0.980. The quantitative estimate of drug-likeness (QED) is 0.414. The second-order valence-electron chi connectivity index (χ2n) is 6.27. The predicted octanol–water partition coefficient (Wildman–Crippen LogP) is 4.19. The molecule has 1 aromatic carbocycles. The molecule has 0 unspecified atom stereocenters. The van der Waals surface area contributed by atoms with Gasteiger partial charge in [0.15, 0.2) is 0 Å². The molecule has 118 valence electrons. The van der Waals surface area contributed by atoms with E-state index in [1.54, 1.807) is 12.1 Å². The fourth-order valence-corrected chi connectivity index (χ4v) is 4.61. The Balaban J connectivity index is 1.78. The van der Waals surface area contributed by atoms with Gasteiger partial charge < -0.3 is 10.7 Å². The minimum absolute atomic E-state index is 0.216. The number of nitrogens with zero attached hydrogens (tertiary/aromatic N) is 1. The van der Waals surface area contributed by atoms with Gasteiger partial charge in [-0.3, -0.25) is 4.31 Å². The molecule has 0 amide bonds. The van der Waals surface area contributed by atoms with Crippen molar-refractivity contribution >= 4 is 36.4 Å². The van der Waals surface area contributed by atoms with Gasteiger partial charge in [0.05, 0.1) is 17.0 Å². The molecule has 1 aromatic rings. The fraction of sp³-hybridized carbons (Fsp3) is 0.438. The molecule has 6 heteroatoms. The number of benzene rings is 1. The van der Waals surface area contributed by atoms with E-state index in [0.29, 0.717) is 28.1 Å². The number of thiol groups is 1. The van der Waals surface area contributed by atoms with Crippen LogP contribution in [0.2, 0.25) is 0 Å². The molecule has 22 heavy (non-hydrogen) atoms. The average molecular weight is 337 g/mol. The number of halogens is 1. The third kappa shape index (κ3) is 2.79. The van der Waals surface area contributed by atoms with E-state index in [4.69, 9.17) is 5.41 Å². The Labute approximate surface area is 140 Å². The molecule has 1 aliphatic heterocycles. The summed E-state index contributed by atoms with van der Waals surface area (Å²) in [4.78, 5) is 0.518. The van der Waals surface area contributed by atoms with Crippen molar-refractivity contribution in [3.63, 3.8) is 0 Å². The molecular formula is C16H20FN3S2. The van der Waals surface area contributed by atoms with E-state index >= 15 is 0 Å².